The minimum atomic E-state index is -0.653. The maximum atomic E-state index is 13.6. The van der Waals surface area contributed by atoms with Crippen molar-refractivity contribution >= 4 is 58.1 Å². The van der Waals surface area contributed by atoms with Gasteiger partial charge in [-0.2, -0.15) is 0 Å². The predicted molar refractivity (Wildman–Crippen MR) is 184 cm³/mol. The molecule has 0 aliphatic carbocycles. The molecule has 1 saturated heterocycles. The van der Waals surface area contributed by atoms with Crippen molar-refractivity contribution < 1.29 is 33.5 Å². The summed E-state index contributed by atoms with van der Waals surface area (Å²) in [5.41, 5.74) is 4.28. The number of fused-ring (bicyclic) bond motifs is 5. The molecule has 0 bridgehead atoms. The number of benzene rings is 2. The molecule has 3 heterocycles. The van der Waals surface area contributed by atoms with E-state index in [1.165, 1.54) is 0 Å². The van der Waals surface area contributed by atoms with Crippen molar-refractivity contribution in [3.05, 3.63) is 54.1 Å². The molecule has 5 rings (SSSR count). The molecule has 1 N–H and O–H groups in total. The number of nitrogens with one attached hydrogen (secondary N) is 1. The van der Waals surface area contributed by atoms with Gasteiger partial charge in [-0.25, -0.2) is 9.48 Å². The molecule has 2 aromatic carbocycles. The van der Waals surface area contributed by atoms with E-state index in [0.717, 1.165) is 33.8 Å². The third-order valence-electron chi connectivity index (χ3n) is 8.48. The fourth-order valence-electron chi connectivity index (χ4n) is 5.77. The Morgan fingerprint density at radius 3 is 2.40 bits per heavy atom. The molecular formula is C34H39IN6O7. The number of carbonyl (C=O) groups is 5. The monoisotopic (exact) mass is 770 g/mol. The average molecular weight is 771 g/mol. The van der Waals surface area contributed by atoms with Crippen LogP contribution in [0.4, 0.5) is 5.69 Å². The number of carbonyl (C=O) groups excluding carboxylic acids is 5. The molecule has 14 heteroatoms. The number of hydrogen-bond donors (Lipinski definition) is 1. The highest BCUT2D eigenvalue weighted by Crippen LogP contribution is 2.41. The predicted octanol–water partition coefficient (Wildman–Crippen LogP) is 4.91. The topological polar surface area (TPSA) is 153 Å². The first-order valence-electron chi connectivity index (χ1n) is 16.0. The van der Waals surface area contributed by atoms with Crippen LogP contribution in [0.5, 0.6) is 0 Å². The maximum absolute atomic E-state index is 13.6. The van der Waals surface area contributed by atoms with E-state index in [-0.39, 0.29) is 49.8 Å². The van der Waals surface area contributed by atoms with Gasteiger partial charge >= 0.3 is 5.97 Å². The van der Waals surface area contributed by atoms with Crippen LogP contribution in [0, 0.1) is 5.92 Å². The highest BCUT2D eigenvalue weighted by Gasteiger charge is 2.34. The van der Waals surface area contributed by atoms with E-state index in [2.05, 4.69) is 20.8 Å². The summed E-state index contributed by atoms with van der Waals surface area (Å²) in [6.07, 6.45) is 1.30. The van der Waals surface area contributed by atoms with Gasteiger partial charge in [-0.15, -0.1) is 10.2 Å². The molecular weight excluding hydrogens is 731 g/mol. The summed E-state index contributed by atoms with van der Waals surface area (Å²) < 4.78 is 10.6. The standard InChI is InChI=1S/C34H39IN6O7/c1-22(17-19-47-34(2,3)18-16-31(46)48-41-29(44)14-15-30(41)45)20-40-33-25-10-6-7-11-26(25)39(28(43)13-12-27(42)36-35)21-23-8-4-5-9-24(23)32(33)37-38-40/h4-11,22H,12-21H2,1-3H3,(H,36,42). The first-order chi connectivity index (χ1) is 23.0. The molecule has 0 spiro atoms. The Bertz CT molecular complexity index is 1690. The number of hydroxylamine groups is 2. The van der Waals surface area contributed by atoms with E-state index in [4.69, 9.17) is 9.57 Å². The minimum Gasteiger partial charge on any atom is -0.376 e. The van der Waals surface area contributed by atoms with Crippen LogP contribution in [0.2, 0.25) is 0 Å². The number of para-hydroxylation sites is 1. The minimum absolute atomic E-state index is 0.00340. The second kappa shape index (κ2) is 15.4. The van der Waals surface area contributed by atoms with E-state index in [1.54, 1.807) is 27.8 Å². The summed E-state index contributed by atoms with van der Waals surface area (Å²) in [4.78, 5) is 68.0. The number of ether oxygens (including phenoxy) is 1. The van der Waals surface area contributed by atoms with Crippen molar-refractivity contribution in [3.8, 4) is 22.5 Å². The molecule has 0 radical (unpaired) electrons. The lowest BCUT2D eigenvalue weighted by molar-refractivity contribution is -0.198. The van der Waals surface area contributed by atoms with Crippen LogP contribution >= 0.6 is 22.9 Å². The fraction of sp³-hybridized carbons (Fsp3) is 0.441. The van der Waals surface area contributed by atoms with Crippen molar-refractivity contribution in [3.63, 3.8) is 0 Å². The van der Waals surface area contributed by atoms with Crippen molar-refractivity contribution in [2.24, 2.45) is 5.92 Å². The van der Waals surface area contributed by atoms with Crippen LogP contribution in [0.1, 0.15) is 71.3 Å². The summed E-state index contributed by atoms with van der Waals surface area (Å²) in [6, 6.07) is 15.6. The Morgan fingerprint density at radius 1 is 0.979 bits per heavy atom. The van der Waals surface area contributed by atoms with Gasteiger partial charge in [-0.05, 0) is 44.2 Å². The van der Waals surface area contributed by atoms with Gasteiger partial charge < -0.3 is 14.5 Å². The number of halogens is 1. The van der Waals surface area contributed by atoms with E-state index < -0.39 is 23.4 Å². The van der Waals surface area contributed by atoms with E-state index in [0.29, 0.717) is 37.6 Å². The van der Waals surface area contributed by atoms with E-state index in [9.17, 15) is 24.0 Å². The van der Waals surface area contributed by atoms with Gasteiger partial charge in [0.2, 0.25) is 11.8 Å². The summed E-state index contributed by atoms with van der Waals surface area (Å²) in [5.74, 6) is -1.89. The number of nitrogens with zero attached hydrogens (tertiary/aromatic N) is 5. The smallest absolute Gasteiger partial charge is 0.333 e. The second-order valence-corrected chi connectivity index (χ2v) is 13.2. The number of imide groups is 1. The van der Waals surface area contributed by atoms with Gasteiger partial charge in [0.05, 0.1) is 52.8 Å². The normalized spacial score (nSPS) is 14.8. The van der Waals surface area contributed by atoms with Gasteiger partial charge in [-0.1, -0.05) is 54.6 Å². The molecule has 1 aromatic heterocycles. The molecule has 1 fully saturated rings. The van der Waals surface area contributed by atoms with Crippen LogP contribution in [0.3, 0.4) is 0 Å². The number of rotatable bonds is 13. The summed E-state index contributed by atoms with van der Waals surface area (Å²) in [7, 11) is 0. The maximum Gasteiger partial charge on any atom is 0.333 e. The lowest BCUT2D eigenvalue weighted by Crippen LogP contribution is -2.33. The van der Waals surface area contributed by atoms with Crippen molar-refractivity contribution in [1.82, 2.24) is 23.6 Å². The van der Waals surface area contributed by atoms with E-state index >= 15 is 0 Å². The van der Waals surface area contributed by atoms with Gasteiger partial charge in [0.1, 0.15) is 5.69 Å². The first-order valence-corrected chi connectivity index (χ1v) is 17.1. The number of anilines is 1. The molecule has 48 heavy (non-hydrogen) atoms. The molecule has 2 aliphatic heterocycles. The average Bonchev–Trinajstić information content (AvgIpc) is 3.61. The Morgan fingerprint density at radius 2 is 1.67 bits per heavy atom. The molecule has 1 unspecified atom stereocenters. The van der Waals surface area contributed by atoms with Crippen LogP contribution in [-0.2, 0) is 46.6 Å². The lowest BCUT2D eigenvalue weighted by Gasteiger charge is -2.29. The quantitative estimate of drug-likeness (QED) is 0.145. The zero-order chi connectivity index (χ0) is 34.4. The molecule has 2 aliphatic rings. The van der Waals surface area contributed by atoms with Crippen molar-refractivity contribution in [2.75, 3.05) is 11.5 Å². The summed E-state index contributed by atoms with van der Waals surface area (Å²) in [5, 5.41) is 9.78. The zero-order valence-electron chi connectivity index (χ0n) is 27.2. The second-order valence-electron chi connectivity index (χ2n) is 12.7. The lowest BCUT2D eigenvalue weighted by atomic mass is 9.95. The molecule has 0 saturated carbocycles. The Hall–Kier alpha value is -4.18. The number of hydrogen-bond acceptors (Lipinski definition) is 9. The number of amides is 4. The van der Waals surface area contributed by atoms with Crippen LogP contribution < -0.4 is 8.43 Å². The Balaban J connectivity index is 1.27. The molecule has 3 aromatic rings. The SMILES string of the molecule is CC(CCOC(C)(C)CCC(=O)ON1C(=O)CCC1=O)Cn1nnc2c1-c1ccccc1N(C(=O)CCC(=O)NI)Cc1ccccc1-2. The summed E-state index contributed by atoms with van der Waals surface area (Å²) >= 11 is 1.78. The van der Waals surface area contributed by atoms with Crippen LogP contribution in [0.25, 0.3) is 22.5 Å². The third kappa shape index (κ3) is 8.27. The molecule has 4 amide bonds. The zero-order valence-corrected chi connectivity index (χ0v) is 29.4. The molecule has 13 nitrogen and oxygen atoms in total. The number of aromatic nitrogens is 3. The van der Waals surface area contributed by atoms with Crippen LogP contribution in [0.15, 0.2) is 48.5 Å². The Kier molecular flexibility index (Phi) is 11.2. The highest BCUT2D eigenvalue weighted by molar-refractivity contribution is 14.1. The third-order valence-corrected chi connectivity index (χ3v) is 9.08. The van der Waals surface area contributed by atoms with E-state index in [1.807, 2.05) is 67.1 Å². The van der Waals surface area contributed by atoms with Crippen molar-refractivity contribution in [2.45, 2.75) is 84.4 Å². The largest absolute Gasteiger partial charge is 0.376 e. The first kappa shape index (κ1) is 35.1. The fourth-order valence-corrected chi connectivity index (χ4v) is 6.04. The molecule has 1 atom stereocenters. The van der Waals surface area contributed by atoms with Gasteiger partial charge in [0, 0.05) is 50.0 Å². The molecule has 254 valence electrons. The van der Waals surface area contributed by atoms with Gasteiger partial charge in [0.25, 0.3) is 11.8 Å². The summed E-state index contributed by atoms with van der Waals surface area (Å²) in [6.45, 7) is 7.16. The van der Waals surface area contributed by atoms with Gasteiger partial charge in [-0.3, -0.25) is 22.7 Å². The Labute approximate surface area is 292 Å². The van der Waals surface area contributed by atoms with Crippen molar-refractivity contribution in [1.29, 1.82) is 0 Å². The van der Waals surface area contributed by atoms with Crippen LogP contribution in [-0.4, -0.2) is 61.9 Å². The van der Waals surface area contributed by atoms with Gasteiger partial charge in [0.15, 0.2) is 0 Å². The highest BCUT2D eigenvalue weighted by atomic mass is 127.